The van der Waals surface area contributed by atoms with Crippen molar-refractivity contribution in [3.63, 3.8) is 0 Å². The zero-order valence-corrected chi connectivity index (χ0v) is 16.4. The Morgan fingerprint density at radius 2 is 2.22 bits per heavy atom. The fourth-order valence-electron chi connectivity index (χ4n) is 1.75. The van der Waals surface area contributed by atoms with Crippen molar-refractivity contribution >= 4 is 41.6 Å². The molecule has 1 N–H and O–H groups in total. The van der Waals surface area contributed by atoms with Gasteiger partial charge in [0.05, 0.1) is 6.20 Å². The Kier molecular flexibility index (Phi) is 9.17. The summed E-state index contributed by atoms with van der Waals surface area (Å²) in [5.74, 6) is 3.73. The largest absolute Gasteiger partial charge is 0.337 e. The molecule has 2 heterocycles. The maximum absolute atomic E-state index is 4.39. The predicted molar refractivity (Wildman–Crippen MR) is 110 cm³/mol. The molecular formula is C17H19IN4S. The molecule has 0 fully saturated rings. The first-order chi connectivity index (χ1) is 11.3. The molecule has 0 saturated carbocycles. The van der Waals surface area contributed by atoms with Crippen molar-refractivity contribution in [3.8, 4) is 11.2 Å². The minimum atomic E-state index is 0.680. The zero-order chi connectivity index (χ0) is 17.1. The van der Waals surface area contributed by atoms with Crippen LogP contribution in [-0.4, -0.2) is 14.4 Å². The molecule has 0 unspecified atom stereocenters. The van der Waals surface area contributed by atoms with E-state index in [0.29, 0.717) is 5.82 Å². The third kappa shape index (κ3) is 5.44. The van der Waals surface area contributed by atoms with Crippen molar-refractivity contribution < 1.29 is 0 Å². The second-order valence-electron chi connectivity index (χ2n) is 3.90. The van der Waals surface area contributed by atoms with Crippen LogP contribution in [0.25, 0.3) is 5.65 Å². The SMILES string of the molecule is C=C/C=C(\C=C/C)Nc1nccn2c(C#CSI)cnc12.CC. The van der Waals surface area contributed by atoms with Crippen LogP contribution < -0.4 is 5.32 Å². The number of hydrogen-bond donors (Lipinski definition) is 1. The minimum absolute atomic E-state index is 0.680. The third-order valence-electron chi connectivity index (χ3n) is 2.55. The molecule has 0 bridgehead atoms. The van der Waals surface area contributed by atoms with Gasteiger partial charge < -0.3 is 5.32 Å². The fourth-order valence-corrected chi connectivity index (χ4v) is 2.23. The molecular weight excluding hydrogens is 419 g/mol. The van der Waals surface area contributed by atoms with E-state index in [9.17, 15) is 0 Å². The maximum atomic E-state index is 4.39. The molecule has 0 saturated heterocycles. The molecule has 0 radical (unpaired) electrons. The van der Waals surface area contributed by atoms with Crippen LogP contribution in [0.15, 0.2) is 55.2 Å². The molecule has 4 nitrogen and oxygen atoms in total. The number of anilines is 1. The van der Waals surface area contributed by atoms with Crippen molar-refractivity contribution in [3.05, 3.63) is 60.9 Å². The average molecular weight is 438 g/mol. The smallest absolute Gasteiger partial charge is 0.181 e. The molecule has 0 aliphatic heterocycles. The summed E-state index contributed by atoms with van der Waals surface area (Å²) in [6.45, 7) is 9.67. The van der Waals surface area contributed by atoms with Gasteiger partial charge in [-0.05, 0) is 39.2 Å². The molecule has 120 valence electrons. The van der Waals surface area contributed by atoms with Crippen molar-refractivity contribution in [2.75, 3.05) is 5.32 Å². The van der Waals surface area contributed by atoms with Gasteiger partial charge in [-0.3, -0.25) is 4.40 Å². The molecule has 0 aliphatic rings. The van der Waals surface area contributed by atoms with Crippen LogP contribution in [0.5, 0.6) is 0 Å². The van der Waals surface area contributed by atoms with Crippen LogP contribution in [0.2, 0.25) is 0 Å². The number of allylic oxidation sites excluding steroid dienone is 4. The highest BCUT2D eigenvalue weighted by Gasteiger charge is 2.07. The van der Waals surface area contributed by atoms with Crippen LogP contribution >= 0.6 is 30.1 Å². The Bertz CT molecular complexity index is 766. The van der Waals surface area contributed by atoms with E-state index < -0.39 is 0 Å². The first kappa shape index (κ1) is 19.3. The molecule has 0 spiro atoms. The Morgan fingerprint density at radius 1 is 1.43 bits per heavy atom. The van der Waals surface area contributed by atoms with E-state index in [1.54, 1.807) is 18.5 Å². The molecule has 0 aromatic carbocycles. The summed E-state index contributed by atoms with van der Waals surface area (Å²) < 4.78 is 1.91. The quantitative estimate of drug-likeness (QED) is 0.405. The van der Waals surface area contributed by atoms with Crippen LogP contribution in [0.4, 0.5) is 5.82 Å². The Morgan fingerprint density at radius 3 is 2.87 bits per heavy atom. The number of aromatic nitrogens is 3. The summed E-state index contributed by atoms with van der Waals surface area (Å²) >= 11 is 2.14. The molecule has 2 aromatic rings. The van der Waals surface area contributed by atoms with Gasteiger partial charge in [0.2, 0.25) is 0 Å². The lowest BCUT2D eigenvalue weighted by atomic mass is 10.3. The Hall–Kier alpha value is -1.72. The maximum Gasteiger partial charge on any atom is 0.181 e. The monoisotopic (exact) mass is 438 g/mol. The van der Waals surface area contributed by atoms with E-state index in [-0.39, 0.29) is 0 Å². The molecule has 2 aromatic heterocycles. The molecule has 6 heteroatoms. The fraction of sp³-hybridized carbons (Fsp3) is 0.176. The number of hydrogen-bond acceptors (Lipinski definition) is 4. The highest BCUT2D eigenvalue weighted by molar-refractivity contribution is 14.2. The van der Waals surface area contributed by atoms with Gasteiger partial charge in [0.25, 0.3) is 0 Å². The topological polar surface area (TPSA) is 42.2 Å². The predicted octanol–water partition coefficient (Wildman–Crippen LogP) is 5.21. The van der Waals surface area contributed by atoms with Crippen LogP contribution in [0, 0.1) is 11.2 Å². The lowest BCUT2D eigenvalue weighted by Gasteiger charge is -2.07. The lowest BCUT2D eigenvalue weighted by molar-refractivity contribution is 1.11. The van der Waals surface area contributed by atoms with Crippen LogP contribution in [0.1, 0.15) is 26.5 Å². The molecule has 2 rings (SSSR count). The van der Waals surface area contributed by atoms with E-state index >= 15 is 0 Å². The molecule has 0 aliphatic carbocycles. The number of halogens is 1. The highest BCUT2D eigenvalue weighted by Crippen LogP contribution is 2.17. The van der Waals surface area contributed by atoms with Crippen LogP contribution in [-0.2, 0) is 0 Å². The first-order valence-electron chi connectivity index (χ1n) is 7.13. The van der Waals surface area contributed by atoms with Gasteiger partial charge in [0.1, 0.15) is 5.69 Å². The van der Waals surface area contributed by atoms with Crippen molar-refractivity contribution in [1.82, 2.24) is 14.4 Å². The highest BCUT2D eigenvalue weighted by atomic mass is 127. The number of imidazole rings is 1. The molecule has 0 atom stereocenters. The second kappa shape index (κ2) is 10.9. The van der Waals surface area contributed by atoms with Crippen molar-refractivity contribution in [2.45, 2.75) is 20.8 Å². The normalized spacial score (nSPS) is 10.7. The minimum Gasteiger partial charge on any atom is -0.337 e. The number of nitrogens with zero attached hydrogens (tertiary/aromatic N) is 3. The van der Waals surface area contributed by atoms with E-state index in [2.05, 4.69) is 54.2 Å². The van der Waals surface area contributed by atoms with Gasteiger partial charge in [-0.1, -0.05) is 32.6 Å². The Balaban J connectivity index is 0.00000127. The van der Waals surface area contributed by atoms with E-state index in [0.717, 1.165) is 17.0 Å². The molecule has 23 heavy (non-hydrogen) atoms. The van der Waals surface area contributed by atoms with Gasteiger partial charge in [0.15, 0.2) is 11.5 Å². The zero-order valence-electron chi connectivity index (χ0n) is 13.4. The van der Waals surface area contributed by atoms with Gasteiger partial charge in [0, 0.05) is 39.3 Å². The summed E-state index contributed by atoms with van der Waals surface area (Å²) in [7, 11) is 1.44. The number of fused-ring (bicyclic) bond motifs is 1. The first-order valence-corrected chi connectivity index (χ1v) is 10.5. The third-order valence-corrected chi connectivity index (χ3v) is 3.39. The van der Waals surface area contributed by atoms with E-state index in [4.69, 9.17) is 0 Å². The summed E-state index contributed by atoms with van der Waals surface area (Å²) in [5.41, 5.74) is 2.46. The van der Waals surface area contributed by atoms with Crippen LogP contribution in [0.3, 0.4) is 0 Å². The number of rotatable bonds is 4. The Labute approximate surface area is 153 Å². The molecule has 0 amide bonds. The summed E-state index contributed by atoms with van der Waals surface area (Å²) in [6.07, 6.45) is 12.8. The summed E-state index contributed by atoms with van der Waals surface area (Å²) in [5, 5.41) is 6.21. The van der Waals surface area contributed by atoms with Gasteiger partial charge in [-0.15, -0.1) is 0 Å². The lowest BCUT2D eigenvalue weighted by Crippen LogP contribution is -2.02. The van der Waals surface area contributed by atoms with Gasteiger partial charge in [-0.2, -0.15) is 0 Å². The summed E-state index contributed by atoms with van der Waals surface area (Å²) in [6, 6.07) is 0. The average Bonchev–Trinajstić information content (AvgIpc) is 2.99. The van der Waals surface area contributed by atoms with E-state index in [1.807, 2.05) is 49.6 Å². The van der Waals surface area contributed by atoms with E-state index in [1.165, 1.54) is 8.93 Å². The number of nitrogens with one attached hydrogen (secondary N) is 1. The second-order valence-corrected chi connectivity index (χ2v) is 5.58. The van der Waals surface area contributed by atoms with Gasteiger partial charge >= 0.3 is 0 Å². The summed E-state index contributed by atoms with van der Waals surface area (Å²) in [4.78, 5) is 8.74. The van der Waals surface area contributed by atoms with Crippen molar-refractivity contribution in [2.24, 2.45) is 0 Å². The van der Waals surface area contributed by atoms with Crippen molar-refractivity contribution in [1.29, 1.82) is 0 Å². The standard InChI is InChI=1S/C15H13IN4S.C2H6/c1-3-5-12(6-4-2)19-14-15-18-11-13(7-10-21-16)20(15)9-8-17-14;1-2/h3-6,8-9,11H,1H2,2H3,(H,17,19);1-2H3/b6-4-,12-5+;. The van der Waals surface area contributed by atoms with Gasteiger partial charge in [-0.25, -0.2) is 9.97 Å².